The Morgan fingerprint density at radius 1 is 1.15 bits per heavy atom. The van der Waals surface area contributed by atoms with Gasteiger partial charge in [0.15, 0.2) is 11.3 Å². The van der Waals surface area contributed by atoms with Gasteiger partial charge in [0.05, 0.1) is 17.0 Å². The molecule has 0 spiro atoms. The van der Waals surface area contributed by atoms with E-state index in [0.717, 1.165) is 37.1 Å². The normalized spacial score (nSPS) is 16.5. The number of carbonyl (C=O) groups excluding carboxylic acids is 1. The number of hydrogen-bond acceptors (Lipinski definition) is 6. The summed E-state index contributed by atoms with van der Waals surface area (Å²) in [6.07, 6.45) is 2.10. The molecule has 0 radical (unpaired) electrons. The van der Waals surface area contributed by atoms with Gasteiger partial charge in [0.25, 0.3) is 5.91 Å². The average molecular weight is 449 g/mol. The zero-order valence-electron chi connectivity index (χ0n) is 19.7. The van der Waals surface area contributed by atoms with Crippen LogP contribution < -0.4 is 26.9 Å². The molecule has 174 valence electrons. The van der Waals surface area contributed by atoms with Crippen molar-refractivity contribution in [3.05, 3.63) is 69.4 Å². The number of anilines is 2. The highest BCUT2D eigenvalue weighted by Crippen LogP contribution is 2.34. The van der Waals surface area contributed by atoms with Crippen molar-refractivity contribution in [2.75, 3.05) is 23.3 Å². The fraction of sp³-hybridized carbons (Fsp3) is 0.385. The van der Waals surface area contributed by atoms with Crippen LogP contribution in [0, 0.1) is 12.3 Å². The molecule has 1 aromatic heterocycles. The summed E-state index contributed by atoms with van der Waals surface area (Å²) >= 11 is 0. The van der Waals surface area contributed by atoms with Gasteiger partial charge in [0.1, 0.15) is 5.58 Å². The number of fused-ring (bicyclic) bond motifs is 1. The van der Waals surface area contributed by atoms with Gasteiger partial charge in [-0.2, -0.15) is 0 Å². The fourth-order valence-corrected chi connectivity index (χ4v) is 4.43. The Labute approximate surface area is 193 Å². The fourth-order valence-electron chi connectivity index (χ4n) is 4.43. The molecule has 33 heavy (non-hydrogen) atoms. The Morgan fingerprint density at radius 3 is 2.55 bits per heavy atom. The number of para-hydroxylation sites is 1. The average Bonchev–Trinajstić information content (AvgIpc) is 2.78. The van der Waals surface area contributed by atoms with E-state index in [1.807, 2.05) is 38.1 Å². The highest BCUT2D eigenvalue weighted by Gasteiger charge is 2.27. The molecule has 7 nitrogen and oxygen atoms in total. The van der Waals surface area contributed by atoms with Gasteiger partial charge in [0, 0.05) is 30.4 Å². The maximum absolute atomic E-state index is 13.1. The molecule has 2 heterocycles. The third-order valence-electron chi connectivity index (χ3n) is 6.56. The summed E-state index contributed by atoms with van der Waals surface area (Å²) < 4.78 is 6.38. The second-order valence-corrected chi connectivity index (χ2v) is 9.72. The lowest BCUT2D eigenvalue weighted by atomic mass is 9.83. The number of nitrogens with two attached hydrogens (primary N) is 1. The predicted molar refractivity (Wildman–Crippen MR) is 133 cm³/mol. The van der Waals surface area contributed by atoms with Gasteiger partial charge in [-0.05, 0) is 55.9 Å². The summed E-state index contributed by atoms with van der Waals surface area (Å²) in [5.74, 6) is 5.59. The SMILES string of the molecule is Cc1cc(C(C)Nc2ccccc2C(=O)NN)c2oc(N3CCC(C)(C)CC3)cc(=O)c2c1. The molecule has 1 saturated heterocycles. The number of rotatable bonds is 5. The third kappa shape index (κ3) is 4.73. The largest absolute Gasteiger partial charge is 0.440 e. The van der Waals surface area contributed by atoms with E-state index in [1.165, 1.54) is 0 Å². The zero-order valence-corrected chi connectivity index (χ0v) is 19.7. The lowest BCUT2D eigenvalue weighted by Gasteiger charge is -2.37. The van der Waals surface area contributed by atoms with E-state index in [1.54, 1.807) is 18.2 Å². The Bertz CT molecular complexity index is 1240. The first kappa shape index (κ1) is 22.9. The van der Waals surface area contributed by atoms with E-state index >= 15 is 0 Å². The molecule has 0 bridgehead atoms. The molecule has 1 fully saturated rings. The Hall–Kier alpha value is -3.32. The molecule has 1 amide bonds. The summed E-state index contributed by atoms with van der Waals surface area (Å²) in [6.45, 7) is 10.2. The molecule has 7 heteroatoms. The van der Waals surface area contributed by atoms with Crippen LogP contribution in [0.1, 0.15) is 61.1 Å². The number of nitrogens with zero attached hydrogens (tertiary/aromatic N) is 1. The van der Waals surface area contributed by atoms with E-state index in [-0.39, 0.29) is 17.4 Å². The lowest BCUT2D eigenvalue weighted by Crippen LogP contribution is -2.37. The smallest absolute Gasteiger partial charge is 0.267 e. The minimum Gasteiger partial charge on any atom is -0.440 e. The number of nitrogen functional groups attached to an aromatic ring is 1. The summed E-state index contributed by atoms with van der Waals surface area (Å²) in [7, 11) is 0. The molecule has 1 aliphatic rings. The van der Waals surface area contributed by atoms with Crippen LogP contribution >= 0.6 is 0 Å². The highest BCUT2D eigenvalue weighted by atomic mass is 16.4. The van der Waals surface area contributed by atoms with Crippen molar-refractivity contribution < 1.29 is 9.21 Å². The van der Waals surface area contributed by atoms with Gasteiger partial charge in [-0.1, -0.05) is 32.0 Å². The van der Waals surface area contributed by atoms with Crippen LogP contribution in [0.3, 0.4) is 0 Å². The van der Waals surface area contributed by atoms with Gasteiger partial charge in [-0.25, -0.2) is 5.84 Å². The summed E-state index contributed by atoms with van der Waals surface area (Å²) in [5.41, 5.74) is 5.96. The van der Waals surface area contributed by atoms with Gasteiger partial charge in [-0.15, -0.1) is 0 Å². The van der Waals surface area contributed by atoms with Crippen molar-refractivity contribution in [1.29, 1.82) is 0 Å². The topological polar surface area (TPSA) is 101 Å². The van der Waals surface area contributed by atoms with E-state index in [4.69, 9.17) is 10.3 Å². The van der Waals surface area contributed by atoms with E-state index in [0.29, 0.717) is 33.5 Å². The highest BCUT2D eigenvalue weighted by molar-refractivity contribution is 5.99. The Balaban J connectivity index is 1.74. The Kier molecular flexibility index (Phi) is 6.17. The molecule has 1 atom stereocenters. The monoisotopic (exact) mass is 448 g/mol. The van der Waals surface area contributed by atoms with Crippen molar-refractivity contribution >= 4 is 28.4 Å². The molecule has 4 rings (SSSR count). The maximum Gasteiger partial charge on any atom is 0.267 e. The van der Waals surface area contributed by atoms with Gasteiger partial charge < -0.3 is 14.6 Å². The molecule has 0 saturated carbocycles. The number of benzene rings is 2. The first-order valence-corrected chi connectivity index (χ1v) is 11.4. The molecule has 4 N–H and O–H groups in total. The molecule has 1 unspecified atom stereocenters. The van der Waals surface area contributed by atoms with Gasteiger partial charge in [0.2, 0.25) is 0 Å². The number of hydrazine groups is 1. The third-order valence-corrected chi connectivity index (χ3v) is 6.56. The molecule has 2 aromatic carbocycles. The lowest BCUT2D eigenvalue weighted by molar-refractivity contribution is 0.0954. The number of amides is 1. The first-order chi connectivity index (χ1) is 15.7. The summed E-state index contributed by atoms with van der Waals surface area (Å²) in [5, 5.41) is 3.96. The molecule has 1 aliphatic heterocycles. The van der Waals surface area contributed by atoms with Crippen LogP contribution in [-0.4, -0.2) is 19.0 Å². The van der Waals surface area contributed by atoms with Crippen molar-refractivity contribution in [1.82, 2.24) is 5.43 Å². The van der Waals surface area contributed by atoms with Crippen LogP contribution in [0.5, 0.6) is 0 Å². The van der Waals surface area contributed by atoms with Crippen LogP contribution in [0.25, 0.3) is 11.0 Å². The minimum absolute atomic E-state index is 0.0452. The standard InChI is InChI=1S/C26H32N4O3/c1-16-13-19(17(2)28-21-8-6-5-7-18(21)25(32)29-27)24-20(14-16)22(31)15-23(33-24)30-11-9-26(3,4)10-12-30/h5-8,13-15,17,28H,9-12,27H2,1-4H3,(H,29,32). The second kappa shape index (κ2) is 8.90. The molecular formula is C26H32N4O3. The Morgan fingerprint density at radius 2 is 1.85 bits per heavy atom. The van der Waals surface area contributed by atoms with E-state index in [2.05, 4.69) is 29.5 Å². The maximum atomic E-state index is 13.1. The van der Waals surface area contributed by atoms with Crippen molar-refractivity contribution in [3.63, 3.8) is 0 Å². The van der Waals surface area contributed by atoms with Crippen LogP contribution in [-0.2, 0) is 0 Å². The van der Waals surface area contributed by atoms with Crippen LogP contribution in [0.2, 0.25) is 0 Å². The van der Waals surface area contributed by atoms with Crippen molar-refractivity contribution in [2.24, 2.45) is 11.3 Å². The minimum atomic E-state index is -0.374. The second-order valence-electron chi connectivity index (χ2n) is 9.72. The van der Waals surface area contributed by atoms with Crippen LogP contribution in [0.4, 0.5) is 11.6 Å². The first-order valence-electron chi connectivity index (χ1n) is 11.4. The predicted octanol–water partition coefficient (Wildman–Crippen LogP) is 4.50. The van der Waals surface area contributed by atoms with Crippen molar-refractivity contribution in [2.45, 2.75) is 46.6 Å². The van der Waals surface area contributed by atoms with E-state index in [9.17, 15) is 9.59 Å². The molecular weight excluding hydrogens is 416 g/mol. The summed E-state index contributed by atoms with van der Waals surface area (Å²) in [6, 6.07) is 12.5. The number of piperidine rings is 1. The number of carbonyl (C=O) groups is 1. The van der Waals surface area contributed by atoms with Gasteiger partial charge in [-0.3, -0.25) is 15.0 Å². The number of nitrogens with one attached hydrogen (secondary N) is 2. The van der Waals surface area contributed by atoms with E-state index < -0.39 is 0 Å². The zero-order chi connectivity index (χ0) is 23.8. The molecule has 3 aromatic rings. The number of hydrogen-bond donors (Lipinski definition) is 3. The molecule has 0 aliphatic carbocycles. The quantitative estimate of drug-likeness (QED) is 0.302. The van der Waals surface area contributed by atoms with Crippen molar-refractivity contribution in [3.8, 4) is 0 Å². The number of aryl methyl sites for hydroxylation is 1. The van der Waals surface area contributed by atoms with Crippen LogP contribution in [0.15, 0.2) is 51.7 Å². The van der Waals surface area contributed by atoms with Gasteiger partial charge >= 0.3 is 0 Å². The summed E-state index contributed by atoms with van der Waals surface area (Å²) in [4.78, 5) is 27.4.